The van der Waals surface area contributed by atoms with Crippen molar-refractivity contribution in [1.82, 2.24) is 0 Å². The first-order valence-electron chi connectivity index (χ1n) is 6.70. The molecule has 1 aromatic rings. The number of nitrogens with zero attached hydrogens (tertiary/aromatic N) is 2. The number of anilines is 1. The van der Waals surface area contributed by atoms with Gasteiger partial charge in [-0.15, -0.1) is 0 Å². The minimum absolute atomic E-state index is 0.0426. The van der Waals surface area contributed by atoms with Gasteiger partial charge in [0.1, 0.15) is 23.1 Å². The highest BCUT2D eigenvalue weighted by molar-refractivity contribution is 9.10. The van der Waals surface area contributed by atoms with Crippen molar-refractivity contribution in [1.29, 1.82) is 0 Å². The van der Waals surface area contributed by atoms with Crippen LogP contribution in [0.15, 0.2) is 27.9 Å². The first-order chi connectivity index (χ1) is 11.8. The second-order valence-corrected chi connectivity index (χ2v) is 5.96. The number of ether oxygens (including phenoxy) is 3. The molecular weight excluding hydrogens is 424 g/mol. The van der Waals surface area contributed by atoms with Gasteiger partial charge >= 0.3 is 17.6 Å². The number of methoxy groups -OCH3 is 2. The van der Waals surface area contributed by atoms with Gasteiger partial charge in [0.2, 0.25) is 0 Å². The third kappa shape index (κ3) is 3.60. The molecule has 0 radical (unpaired) electrons. The lowest BCUT2D eigenvalue weighted by Crippen LogP contribution is -2.39. The Kier molecular flexibility index (Phi) is 5.98. The SMILES string of the molecule is COC(=O)C1=C(C(=O)OC)N(c2c(Br)ccc(Cl)c2[N+](=O)[O-])COC1. The number of hydrogen-bond acceptors (Lipinski definition) is 8. The van der Waals surface area contributed by atoms with Crippen molar-refractivity contribution in [2.24, 2.45) is 0 Å². The molecule has 25 heavy (non-hydrogen) atoms. The van der Waals surface area contributed by atoms with Crippen molar-refractivity contribution in [3.63, 3.8) is 0 Å². The second kappa shape index (κ2) is 7.81. The normalized spacial score (nSPS) is 14.3. The van der Waals surface area contributed by atoms with Crippen LogP contribution in [0.1, 0.15) is 0 Å². The molecule has 1 heterocycles. The molecule has 11 heteroatoms. The Hall–Kier alpha value is -2.17. The minimum Gasteiger partial charge on any atom is -0.466 e. The quantitative estimate of drug-likeness (QED) is 0.403. The Balaban J connectivity index is 2.77. The summed E-state index contributed by atoms with van der Waals surface area (Å²) in [6, 6.07) is 2.81. The van der Waals surface area contributed by atoms with E-state index in [1.54, 1.807) is 0 Å². The lowest BCUT2D eigenvalue weighted by Gasteiger charge is -2.31. The summed E-state index contributed by atoms with van der Waals surface area (Å²) >= 11 is 9.16. The monoisotopic (exact) mass is 434 g/mol. The van der Waals surface area contributed by atoms with E-state index >= 15 is 0 Å². The van der Waals surface area contributed by atoms with Gasteiger partial charge in [0, 0.05) is 4.47 Å². The summed E-state index contributed by atoms with van der Waals surface area (Å²) in [5.74, 6) is -1.68. The average molecular weight is 436 g/mol. The summed E-state index contributed by atoms with van der Waals surface area (Å²) in [6.07, 6.45) is 0. The predicted molar refractivity (Wildman–Crippen MR) is 90.2 cm³/mol. The van der Waals surface area contributed by atoms with Crippen molar-refractivity contribution in [2.45, 2.75) is 0 Å². The van der Waals surface area contributed by atoms with E-state index in [0.29, 0.717) is 0 Å². The Labute approximate surface area is 155 Å². The minimum atomic E-state index is -0.870. The summed E-state index contributed by atoms with van der Waals surface area (Å²) in [4.78, 5) is 36.2. The van der Waals surface area contributed by atoms with E-state index in [9.17, 15) is 19.7 Å². The van der Waals surface area contributed by atoms with Gasteiger partial charge in [-0.1, -0.05) is 11.6 Å². The van der Waals surface area contributed by atoms with Crippen LogP contribution in [-0.4, -0.2) is 44.4 Å². The molecule has 0 fully saturated rings. The first kappa shape index (κ1) is 19.2. The number of benzene rings is 1. The predicted octanol–water partition coefficient (Wildman–Crippen LogP) is 2.40. The maximum Gasteiger partial charge on any atom is 0.355 e. The molecule has 2 rings (SSSR count). The van der Waals surface area contributed by atoms with E-state index in [1.165, 1.54) is 12.1 Å². The summed E-state index contributed by atoms with van der Waals surface area (Å²) in [6.45, 7) is -0.440. The van der Waals surface area contributed by atoms with Gasteiger partial charge in [0.25, 0.3) is 0 Å². The van der Waals surface area contributed by atoms with Gasteiger partial charge in [-0.05, 0) is 28.1 Å². The zero-order valence-corrected chi connectivity index (χ0v) is 15.4. The molecule has 0 unspecified atom stereocenters. The van der Waals surface area contributed by atoms with E-state index in [1.807, 2.05) is 0 Å². The maximum absolute atomic E-state index is 12.3. The van der Waals surface area contributed by atoms with Crippen molar-refractivity contribution in [2.75, 3.05) is 32.5 Å². The van der Waals surface area contributed by atoms with E-state index in [2.05, 4.69) is 20.7 Å². The number of hydrogen-bond donors (Lipinski definition) is 0. The van der Waals surface area contributed by atoms with Crippen LogP contribution in [0, 0.1) is 10.1 Å². The smallest absolute Gasteiger partial charge is 0.355 e. The highest BCUT2D eigenvalue weighted by Crippen LogP contribution is 2.43. The fraction of sp³-hybridized carbons (Fsp3) is 0.286. The molecule has 0 amide bonds. The van der Waals surface area contributed by atoms with Crippen LogP contribution in [0.25, 0.3) is 0 Å². The summed E-state index contributed by atoms with van der Waals surface area (Å²) in [5.41, 5.74) is -0.834. The van der Waals surface area contributed by atoms with E-state index in [0.717, 1.165) is 19.1 Å². The van der Waals surface area contributed by atoms with E-state index in [4.69, 9.17) is 21.1 Å². The van der Waals surface area contributed by atoms with Crippen molar-refractivity contribution >= 4 is 50.8 Å². The first-order valence-corrected chi connectivity index (χ1v) is 7.88. The number of nitro benzene ring substituents is 1. The van der Waals surface area contributed by atoms with E-state index in [-0.39, 0.29) is 39.8 Å². The maximum atomic E-state index is 12.3. The highest BCUT2D eigenvalue weighted by Gasteiger charge is 2.37. The second-order valence-electron chi connectivity index (χ2n) is 4.70. The molecule has 0 saturated heterocycles. The lowest BCUT2D eigenvalue weighted by atomic mass is 10.1. The van der Waals surface area contributed by atoms with Crippen molar-refractivity contribution in [3.8, 4) is 0 Å². The number of carbonyl (C=O) groups excluding carboxylic acids is 2. The third-order valence-electron chi connectivity index (χ3n) is 3.34. The molecule has 0 saturated carbocycles. The number of nitro groups is 1. The fourth-order valence-electron chi connectivity index (χ4n) is 2.28. The Morgan fingerprint density at radius 2 is 1.96 bits per heavy atom. The molecule has 0 aliphatic carbocycles. The molecular formula is C14H12BrClN2O7. The lowest BCUT2D eigenvalue weighted by molar-refractivity contribution is -0.384. The zero-order chi connectivity index (χ0) is 18.7. The number of esters is 2. The third-order valence-corrected chi connectivity index (χ3v) is 4.28. The van der Waals surface area contributed by atoms with Crippen LogP contribution < -0.4 is 4.90 Å². The van der Waals surface area contributed by atoms with Gasteiger partial charge in [-0.2, -0.15) is 0 Å². The molecule has 0 bridgehead atoms. The Morgan fingerprint density at radius 1 is 1.32 bits per heavy atom. The van der Waals surface area contributed by atoms with Crippen molar-refractivity contribution < 1.29 is 28.7 Å². The van der Waals surface area contributed by atoms with Gasteiger partial charge in [-0.25, -0.2) is 9.59 Å². The van der Waals surface area contributed by atoms with Crippen LogP contribution in [0.4, 0.5) is 11.4 Å². The van der Waals surface area contributed by atoms with Crippen molar-refractivity contribution in [3.05, 3.63) is 43.0 Å². The van der Waals surface area contributed by atoms with Crippen LogP contribution >= 0.6 is 27.5 Å². The number of halogens is 2. The summed E-state index contributed by atoms with van der Waals surface area (Å²) in [5, 5.41) is 11.3. The standard InChI is InChI=1S/C14H12BrClN2O7/c1-23-13(19)7-5-25-6-17(10(7)14(20)24-2)11-8(15)3-4-9(16)12(11)18(21)22/h3-4H,5-6H2,1-2H3. The molecule has 9 nitrogen and oxygen atoms in total. The van der Waals surface area contributed by atoms with Gasteiger partial charge in [0.05, 0.1) is 31.3 Å². The average Bonchev–Trinajstić information content (AvgIpc) is 2.61. The van der Waals surface area contributed by atoms with Gasteiger partial charge < -0.3 is 19.1 Å². The summed E-state index contributed by atoms with van der Waals surface area (Å²) in [7, 11) is 2.26. The van der Waals surface area contributed by atoms with Crippen LogP contribution in [0.5, 0.6) is 0 Å². The van der Waals surface area contributed by atoms with Gasteiger partial charge in [0.15, 0.2) is 0 Å². The molecule has 134 valence electrons. The molecule has 0 aromatic heterocycles. The van der Waals surface area contributed by atoms with Crippen LogP contribution in [-0.2, 0) is 23.8 Å². The molecule has 0 atom stereocenters. The fourth-order valence-corrected chi connectivity index (χ4v) is 3.04. The summed E-state index contributed by atoms with van der Waals surface area (Å²) < 4.78 is 14.9. The zero-order valence-electron chi connectivity index (χ0n) is 13.1. The molecule has 1 aliphatic heterocycles. The van der Waals surface area contributed by atoms with E-state index < -0.39 is 22.5 Å². The Bertz CT molecular complexity index is 781. The Morgan fingerprint density at radius 3 is 2.52 bits per heavy atom. The van der Waals surface area contributed by atoms with Crippen LogP contribution in [0.2, 0.25) is 5.02 Å². The van der Waals surface area contributed by atoms with Crippen LogP contribution in [0.3, 0.4) is 0 Å². The van der Waals surface area contributed by atoms with Gasteiger partial charge in [-0.3, -0.25) is 10.1 Å². The number of rotatable bonds is 4. The largest absolute Gasteiger partial charge is 0.466 e. The molecule has 0 N–H and O–H groups in total. The molecule has 1 aliphatic rings. The molecule has 1 aromatic carbocycles. The topological polar surface area (TPSA) is 108 Å². The molecule has 0 spiro atoms. The number of carbonyl (C=O) groups is 2. The highest BCUT2D eigenvalue weighted by atomic mass is 79.9.